The Hall–Kier alpha value is -2.95. The molecular weight excluding hydrogens is 523 g/mol. The first-order valence-corrected chi connectivity index (χ1v) is 12.7. The Bertz CT molecular complexity index is 1270. The van der Waals surface area contributed by atoms with Crippen molar-refractivity contribution in [3.63, 3.8) is 0 Å². The van der Waals surface area contributed by atoms with Gasteiger partial charge in [-0.2, -0.15) is 0 Å². The van der Waals surface area contributed by atoms with E-state index in [9.17, 15) is 19.5 Å². The van der Waals surface area contributed by atoms with Crippen LogP contribution in [0.3, 0.4) is 0 Å². The van der Waals surface area contributed by atoms with Crippen LogP contribution in [-0.2, 0) is 19.2 Å². The Morgan fingerprint density at radius 2 is 2.21 bits per heavy atom. The minimum atomic E-state index is -1.26. The average Bonchev–Trinajstić information content (AvgIpc) is 3.43. The number of allylic oxidation sites excluding steroid dienone is 1. The molecule has 0 radical (unpaired) electrons. The number of hydrogen-bond donors (Lipinski definition) is 4. The smallest absolute Gasteiger partial charge is 0.352 e. The summed E-state index contributed by atoms with van der Waals surface area (Å²) in [5.74, 6) is -2.23. The van der Waals surface area contributed by atoms with Crippen molar-refractivity contribution in [1.29, 1.82) is 0 Å². The Kier molecular flexibility index (Phi) is 6.92. The summed E-state index contributed by atoms with van der Waals surface area (Å²) < 4.78 is 0. The van der Waals surface area contributed by atoms with Gasteiger partial charge in [-0.15, -0.1) is 45.9 Å². The number of thioether (sulfide) groups is 1. The number of carbonyl (C=O) groups excluding carboxylic acids is 2. The van der Waals surface area contributed by atoms with Crippen molar-refractivity contribution in [3.05, 3.63) is 38.4 Å². The van der Waals surface area contributed by atoms with Gasteiger partial charge < -0.3 is 21.0 Å². The number of carbonyl (C=O) groups is 3. The second-order valence-corrected chi connectivity index (χ2v) is 10.5. The van der Waals surface area contributed by atoms with Crippen molar-refractivity contribution < 1.29 is 24.3 Å². The number of nitrogens with two attached hydrogens (primary N) is 1. The summed E-state index contributed by atoms with van der Waals surface area (Å²) in [5, 5.41) is 26.5. The molecule has 12 nitrogen and oxygen atoms in total. The van der Waals surface area contributed by atoms with Crippen LogP contribution in [0.2, 0.25) is 0 Å². The fourth-order valence-corrected chi connectivity index (χ4v) is 6.08. The Balaban J connectivity index is 1.56. The van der Waals surface area contributed by atoms with Gasteiger partial charge in [-0.25, -0.2) is 9.78 Å². The number of anilines is 1. The number of thiol groups is 1. The first-order chi connectivity index (χ1) is 16.2. The number of nitrogens with one attached hydrogen (secondary N) is 1. The lowest BCUT2D eigenvalue weighted by atomic mass is 10.0. The minimum absolute atomic E-state index is 0.146. The van der Waals surface area contributed by atoms with E-state index in [1.807, 2.05) is 0 Å². The van der Waals surface area contributed by atoms with Gasteiger partial charge in [-0.05, 0) is 18.6 Å². The highest BCUT2D eigenvalue weighted by atomic mass is 32.2. The fraction of sp³-hybridized carbons (Fsp3) is 0.278. The molecule has 2 aromatic heterocycles. The molecule has 4 heterocycles. The van der Waals surface area contributed by atoms with Crippen LogP contribution in [0.15, 0.2) is 27.9 Å². The molecule has 34 heavy (non-hydrogen) atoms. The van der Waals surface area contributed by atoms with E-state index in [1.54, 1.807) is 13.0 Å². The molecule has 2 amide bonds. The van der Waals surface area contributed by atoms with Crippen molar-refractivity contribution in [1.82, 2.24) is 25.4 Å². The minimum Gasteiger partial charge on any atom is -0.477 e. The van der Waals surface area contributed by atoms with Crippen LogP contribution in [0.4, 0.5) is 5.13 Å². The molecule has 0 saturated carbocycles. The molecule has 178 valence electrons. The van der Waals surface area contributed by atoms with Crippen LogP contribution in [0.5, 0.6) is 0 Å². The van der Waals surface area contributed by atoms with Gasteiger partial charge in [-0.3, -0.25) is 14.5 Å². The zero-order chi connectivity index (χ0) is 24.6. The normalized spacial score (nSPS) is 20.7. The molecule has 4 N–H and O–H groups in total. The number of aromatic nitrogens is 3. The van der Waals surface area contributed by atoms with Gasteiger partial charge >= 0.3 is 5.97 Å². The monoisotopic (exact) mass is 539 g/mol. The van der Waals surface area contributed by atoms with Crippen LogP contribution in [0, 0.1) is 6.92 Å². The molecule has 16 heteroatoms. The maximum atomic E-state index is 12.9. The van der Waals surface area contributed by atoms with E-state index in [1.165, 1.54) is 35.6 Å². The first-order valence-electron chi connectivity index (χ1n) is 9.47. The SMILES string of the molecule is CON=C(C(=O)NC1C(=O)N2C(C(=O)O)=C(C=C(S)c3nnc(C)s3)CSC12)c1csc(N)n1. The molecule has 0 aromatic carbocycles. The summed E-state index contributed by atoms with van der Waals surface area (Å²) in [7, 11) is 1.27. The predicted molar refractivity (Wildman–Crippen MR) is 131 cm³/mol. The number of hydrogen-bond acceptors (Lipinski definition) is 13. The summed E-state index contributed by atoms with van der Waals surface area (Å²) in [5.41, 5.74) is 5.93. The molecule has 4 rings (SSSR count). The van der Waals surface area contributed by atoms with Gasteiger partial charge in [0.15, 0.2) is 15.9 Å². The first kappa shape index (κ1) is 24.2. The Labute approximate surface area is 210 Å². The van der Waals surface area contributed by atoms with Crippen LogP contribution in [0.25, 0.3) is 4.91 Å². The van der Waals surface area contributed by atoms with Crippen molar-refractivity contribution in [2.75, 3.05) is 18.6 Å². The third kappa shape index (κ3) is 4.53. The summed E-state index contributed by atoms with van der Waals surface area (Å²) in [4.78, 5) is 48.1. The molecule has 2 aliphatic rings. The summed E-state index contributed by atoms with van der Waals surface area (Å²) in [6, 6.07) is -0.947. The number of amides is 2. The molecule has 0 spiro atoms. The molecule has 0 bridgehead atoms. The number of oxime groups is 1. The van der Waals surface area contributed by atoms with Crippen molar-refractivity contribution in [2.24, 2.45) is 5.16 Å². The van der Waals surface area contributed by atoms with Crippen LogP contribution >= 0.6 is 47.1 Å². The van der Waals surface area contributed by atoms with Gasteiger partial charge in [-0.1, -0.05) is 16.5 Å². The Morgan fingerprint density at radius 1 is 1.44 bits per heavy atom. The maximum absolute atomic E-state index is 12.9. The van der Waals surface area contributed by atoms with E-state index in [4.69, 9.17) is 10.6 Å². The van der Waals surface area contributed by atoms with Crippen LogP contribution < -0.4 is 11.1 Å². The number of thiazole rings is 1. The summed E-state index contributed by atoms with van der Waals surface area (Å²) in [6.45, 7) is 1.80. The molecular formula is C18H17N7O5S4. The van der Waals surface area contributed by atoms with Crippen molar-refractivity contribution >= 4 is 80.6 Å². The number of β-lactam (4-membered cyclic amide) rings is 1. The number of carboxylic acids is 1. The van der Waals surface area contributed by atoms with Crippen LogP contribution in [-0.4, -0.2) is 73.0 Å². The van der Waals surface area contributed by atoms with Crippen LogP contribution in [0.1, 0.15) is 15.7 Å². The van der Waals surface area contributed by atoms with Gasteiger partial charge in [0.25, 0.3) is 11.8 Å². The second-order valence-electron chi connectivity index (χ2n) is 6.89. The fourth-order valence-electron chi connectivity index (χ4n) is 3.28. The highest BCUT2D eigenvalue weighted by Crippen LogP contribution is 2.41. The lowest BCUT2D eigenvalue weighted by molar-refractivity contribution is -0.150. The predicted octanol–water partition coefficient (Wildman–Crippen LogP) is 0.945. The maximum Gasteiger partial charge on any atom is 0.352 e. The van der Waals surface area contributed by atoms with E-state index in [2.05, 4.69) is 38.3 Å². The van der Waals surface area contributed by atoms with Gasteiger partial charge in [0.05, 0.1) is 0 Å². The number of carboxylic acid groups (broad SMARTS) is 1. The zero-order valence-corrected chi connectivity index (χ0v) is 20.9. The number of nitrogen functional groups attached to an aromatic ring is 1. The molecule has 1 saturated heterocycles. The quantitative estimate of drug-likeness (QED) is 0.172. The Morgan fingerprint density at radius 3 is 2.79 bits per heavy atom. The van der Waals surface area contributed by atoms with E-state index in [-0.39, 0.29) is 28.0 Å². The van der Waals surface area contributed by atoms with Gasteiger partial charge in [0.2, 0.25) is 0 Å². The second kappa shape index (κ2) is 9.73. The molecule has 0 aliphatic carbocycles. The zero-order valence-electron chi connectivity index (χ0n) is 17.6. The summed E-state index contributed by atoms with van der Waals surface area (Å²) >= 11 is 8.18. The number of fused-ring (bicyclic) bond motifs is 1. The van der Waals surface area contributed by atoms with E-state index in [0.29, 0.717) is 15.5 Å². The molecule has 2 unspecified atom stereocenters. The highest BCUT2D eigenvalue weighted by Gasteiger charge is 2.54. The lowest BCUT2D eigenvalue weighted by Gasteiger charge is -2.49. The average molecular weight is 540 g/mol. The number of aliphatic carboxylic acids is 1. The largest absolute Gasteiger partial charge is 0.477 e. The van der Waals surface area contributed by atoms with E-state index < -0.39 is 29.2 Å². The molecule has 1 fully saturated rings. The molecule has 2 aromatic rings. The topological polar surface area (TPSA) is 173 Å². The highest BCUT2D eigenvalue weighted by molar-refractivity contribution is 8.00. The third-order valence-electron chi connectivity index (χ3n) is 4.71. The molecule has 2 atom stereocenters. The molecule has 2 aliphatic heterocycles. The van der Waals surface area contributed by atoms with Crippen molar-refractivity contribution in [2.45, 2.75) is 18.3 Å². The number of nitrogens with zero attached hydrogens (tertiary/aromatic N) is 5. The van der Waals surface area contributed by atoms with E-state index >= 15 is 0 Å². The number of aryl methyl sites for hydroxylation is 1. The van der Waals surface area contributed by atoms with Gasteiger partial charge in [0.1, 0.15) is 34.9 Å². The lowest BCUT2D eigenvalue weighted by Crippen LogP contribution is -2.71. The standard InChI is InChI=1S/C18H17N7O5S4/c1-6-22-23-14(34-6)9(31)3-7-4-32-16-11(15(27)25(16)12(7)17(28)29)21-13(26)10(24-30-2)8-5-33-18(19)20-8/h3,5,11,16,31H,4H2,1-2H3,(H2,19,20)(H,21,26)(H,28,29). The van der Waals surface area contributed by atoms with E-state index in [0.717, 1.165) is 21.2 Å². The number of rotatable bonds is 7. The van der Waals surface area contributed by atoms with Gasteiger partial charge in [0, 0.05) is 16.0 Å². The third-order valence-corrected chi connectivity index (χ3v) is 8.05. The summed E-state index contributed by atoms with van der Waals surface area (Å²) in [6.07, 6.45) is 1.57. The van der Waals surface area contributed by atoms with Crippen molar-refractivity contribution in [3.8, 4) is 0 Å².